The Morgan fingerprint density at radius 1 is 1.09 bits per heavy atom. The second-order valence-corrected chi connectivity index (χ2v) is 9.71. The number of benzene rings is 2. The van der Waals surface area contributed by atoms with Crippen molar-refractivity contribution in [2.75, 3.05) is 13.2 Å². The molecule has 0 aliphatic carbocycles. The van der Waals surface area contributed by atoms with Gasteiger partial charge in [-0.25, -0.2) is 4.90 Å². The van der Waals surface area contributed by atoms with E-state index in [0.717, 1.165) is 4.90 Å². The van der Waals surface area contributed by atoms with Gasteiger partial charge in [0.2, 0.25) is 6.23 Å². The molecule has 2 N–H and O–H groups in total. The number of carbonyl (C=O) groups excluding carboxylic acids is 3. The van der Waals surface area contributed by atoms with Crippen LogP contribution in [-0.4, -0.2) is 63.1 Å². The molecule has 3 heterocycles. The van der Waals surface area contributed by atoms with Crippen molar-refractivity contribution in [3.63, 3.8) is 0 Å². The lowest BCUT2D eigenvalue weighted by atomic mass is 9.97. The summed E-state index contributed by atoms with van der Waals surface area (Å²) < 4.78 is 10.5. The normalized spacial score (nSPS) is 23.8. The van der Waals surface area contributed by atoms with E-state index in [1.54, 1.807) is 54.6 Å². The minimum Gasteiger partial charge on any atom is -0.481 e. The van der Waals surface area contributed by atoms with Crippen molar-refractivity contribution in [1.29, 1.82) is 0 Å². The van der Waals surface area contributed by atoms with Crippen molar-refractivity contribution in [3.05, 3.63) is 71.3 Å². The van der Waals surface area contributed by atoms with Crippen LogP contribution < -0.4 is 5.32 Å². The van der Waals surface area contributed by atoms with Crippen molar-refractivity contribution in [2.24, 2.45) is 0 Å². The second kappa shape index (κ2) is 8.29. The van der Waals surface area contributed by atoms with Crippen molar-refractivity contribution in [1.82, 2.24) is 10.2 Å². The summed E-state index contributed by atoms with van der Waals surface area (Å²) in [6.45, 7) is 0.535. The average Bonchev–Trinajstić information content (AvgIpc) is 3.29. The number of hydrogen-bond donors (Lipinski definition) is 2. The fourth-order valence-electron chi connectivity index (χ4n) is 4.29. The van der Waals surface area contributed by atoms with Crippen molar-refractivity contribution < 1.29 is 33.8 Å². The summed E-state index contributed by atoms with van der Waals surface area (Å²) in [6, 6.07) is 14.2. The molecule has 2 fully saturated rings. The highest BCUT2D eigenvalue weighted by atomic mass is 32.2. The van der Waals surface area contributed by atoms with E-state index in [-0.39, 0.29) is 30.8 Å². The van der Waals surface area contributed by atoms with Crippen LogP contribution >= 0.6 is 11.8 Å². The first kappa shape index (κ1) is 21.6. The molecule has 9 nitrogen and oxygen atoms in total. The van der Waals surface area contributed by atoms with Gasteiger partial charge in [0.1, 0.15) is 6.04 Å². The molecule has 2 amide bonds. The number of rotatable bonds is 6. The number of hydrogen-bond acceptors (Lipinski definition) is 8. The number of aliphatic carboxylic acids is 1. The number of carbonyl (C=O) groups is 4. The van der Waals surface area contributed by atoms with Crippen LogP contribution in [-0.2, 0) is 19.1 Å². The van der Waals surface area contributed by atoms with Gasteiger partial charge in [0.05, 0.1) is 40.9 Å². The molecule has 170 valence electrons. The Hall–Kier alpha value is -3.21. The minimum atomic E-state index is -1.27. The Balaban J connectivity index is 1.44. The van der Waals surface area contributed by atoms with Crippen LogP contribution in [0.2, 0.25) is 0 Å². The number of carboxylic acids is 1. The molecule has 2 aromatic rings. The summed E-state index contributed by atoms with van der Waals surface area (Å²) in [5.74, 6) is -2.75. The molecule has 5 rings (SSSR count). The molecule has 3 unspecified atom stereocenters. The highest BCUT2D eigenvalue weighted by Gasteiger charge is 2.58. The summed E-state index contributed by atoms with van der Waals surface area (Å²) in [6.07, 6.45) is -1.44. The predicted molar refractivity (Wildman–Crippen MR) is 116 cm³/mol. The Morgan fingerprint density at radius 3 is 2.24 bits per heavy atom. The monoisotopic (exact) mass is 468 g/mol. The smallest absolute Gasteiger partial charge is 0.327 e. The summed E-state index contributed by atoms with van der Waals surface area (Å²) in [7, 11) is 0. The maximum atomic E-state index is 13.4. The first-order chi connectivity index (χ1) is 15.9. The van der Waals surface area contributed by atoms with E-state index in [0.29, 0.717) is 5.56 Å². The molecule has 2 aromatic carbocycles. The van der Waals surface area contributed by atoms with Gasteiger partial charge in [-0.05, 0) is 12.1 Å². The van der Waals surface area contributed by atoms with E-state index in [9.17, 15) is 19.2 Å². The number of nitrogens with one attached hydrogen (secondary N) is 1. The van der Waals surface area contributed by atoms with Crippen molar-refractivity contribution in [2.45, 2.75) is 28.8 Å². The average molecular weight is 468 g/mol. The van der Waals surface area contributed by atoms with Crippen molar-refractivity contribution in [3.8, 4) is 0 Å². The van der Waals surface area contributed by atoms with E-state index in [1.165, 1.54) is 11.8 Å². The molecule has 0 radical (unpaired) electrons. The van der Waals surface area contributed by atoms with Crippen LogP contribution in [0.5, 0.6) is 0 Å². The van der Waals surface area contributed by atoms with Gasteiger partial charge >= 0.3 is 11.9 Å². The lowest BCUT2D eigenvalue weighted by molar-refractivity contribution is -0.162. The maximum Gasteiger partial charge on any atom is 0.327 e. The highest BCUT2D eigenvalue weighted by Crippen LogP contribution is 2.46. The lowest BCUT2D eigenvalue weighted by Crippen LogP contribution is -2.60. The number of esters is 1. The van der Waals surface area contributed by atoms with Crippen LogP contribution in [0.3, 0.4) is 0 Å². The highest BCUT2D eigenvalue weighted by molar-refractivity contribution is 8.01. The van der Waals surface area contributed by atoms with Gasteiger partial charge in [-0.15, -0.1) is 11.8 Å². The first-order valence-electron chi connectivity index (χ1n) is 10.4. The number of ether oxygens (including phenoxy) is 2. The third-order valence-electron chi connectivity index (χ3n) is 5.92. The molecule has 2 saturated heterocycles. The zero-order valence-electron chi connectivity index (χ0n) is 17.3. The van der Waals surface area contributed by atoms with Gasteiger partial charge in [0, 0.05) is 5.56 Å². The van der Waals surface area contributed by atoms with Gasteiger partial charge in [-0.1, -0.05) is 42.5 Å². The zero-order valence-corrected chi connectivity index (χ0v) is 18.1. The third kappa shape index (κ3) is 3.69. The largest absolute Gasteiger partial charge is 0.481 e. The third-order valence-corrected chi connectivity index (χ3v) is 7.44. The van der Waals surface area contributed by atoms with E-state index in [2.05, 4.69) is 5.32 Å². The predicted octanol–water partition coefficient (Wildman–Crippen LogP) is 1.80. The van der Waals surface area contributed by atoms with Crippen LogP contribution in [0, 0.1) is 0 Å². The standard InChI is InChI=1S/C23H20N2O7S/c26-17(27)10-16-24-18(23(33-16)11-31-12-23)22(30)32-21(13-6-2-1-3-7-13)25-19(28)14-8-4-5-9-15(14)20(25)29/h1-9,16,18,21,24H,10-12H2,(H,26,27). The van der Waals surface area contributed by atoms with E-state index in [1.807, 2.05) is 0 Å². The Labute approximate surface area is 193 Å². The second-order valence-electron chi connectivity index (χ2n) is 8.09. The Kier molecular flexibility index (Phi) is 5.43. The molecule has 33 heavy (non-hydrogen) atoms. The number of fused-ring (bicyclic) bond motifs is 1. The van der Waals surface area contributed by atoms with Crippen molar-refractivity contribution >= 4 is 35.5 Å². The molecule has 3 atom stereocenters. The van der Waals surface area contributed by atoms with E-state index < -0.39 is 46.1 Å². The Morgan fingerprint density at radius 2 is 1.70 bits per heavy atom. The van der Waals surface area contributed by atoms with Crippen LogP contribution in [0.4, 0.5) is 0 Å². The summed E-state index contributed by atoms with van der Waals surface area (Å²) >= 11 is 1.35. The number of nitrogens with zero attached hydrogens (tertiary/aromatic N) is 1. The lowest BCUT2D eigenvalue weighted by Gasteiger charge is -2.40. The van der Waals surface area contributed by atoms with E-state index in [4.69, 9.17) is 14.6 Å². The number of thioether (sulfide) groups is 1. The SMILES string of the molecule is O=C(O)CC1NC(C(=O)OC(c2ccccc2)N2C(=O)c3ccccc3C2=O)C2(COC2)S1. The van der Waals surface area contributed by atoms with Crippen LogP contribution in [0.25, 0.3) is 0 Å². The topological polar surface area (TPSA) is 122 Å². The molecule has 3 aliphatic rings. The molecule has 3 aliphatic heterocycles. The first-order valence-corrected chi connectivity index (χ1v) is 11.2. The minimum absolute atomic E-state index is 0.170. The molecular weight excluding hydrogens is 448 g/mol. The molecule has 10 heteroatoms. The zero-order chi connectivity index (χ0) is 23.2. The number of carboxylic acid groups (broad SMARTS) is 1. The molecule has 0 aromatic heterocycles. The van der Waals surface area contributed by atoms with Gasteiger partial charge in [0.25, 0.3) is 11.8 Å². The fraction of sp³-hybridized carbons (Fsp3) is 0.304. The molecule has 0 bridgehead atoms. The van der Waals surface area contributed by atoms with Gasteiger partial charge in [-0.2, -0.15) is 0 Å². The van der Waals surface area contributed by atoms with Gasteiger partial charge in [-0.3, -0.25) is 24.5 Å². The Bertz CT molecular complexity index is 1100. The number of imide groups is 1. The quantitative estimate of drug-likeness (QED) is 0.483. The van der Waals surface area contributed by atoms with Gasteiger partial charge < -0.3 is 14.6 Å². The van der Waals surface area contributed by atoms with Crippen LogP contribution in [0.1, 0.15) is 38.9 Å². The summed E-state index contributed by atoms with van der Waals surface area (Å²) in [5, 5.41) is 11.7. The molecule has 0 saturated carbocycles. The van der Waals surface area contributed by atoms with E-state index >= 15 is 0 Å². The fourth-order valence-corrected chi connectivity index (χ4v) is 5.89. The maximum absolute atomic E-state index is 13.4. The van der Waals surface area contributed by atoms with Crippen LogP contribution in [0.15, 0.2) is 54.6 Å². The number of amides is 2. The van der Waals surface area contributed by atoms with Gasteiger partial charge in [0.15, 0.2) is 0 Å². The summed E-state index contributed by atoms with van der Waals surface area (Å²) in [4.78, 5) is 51.7. The summed E-state index contributed by atoms with van der Waals surface area (Å²) in [5.41, 5.74) is 0.964. The molecular formula is C23H20N2O7S. The molecule has 1 spiro atoms.